The molecule has 2 saturated heterocycles. The van der Waals surface area contributed by atoms with Gasteiger partial charge < -0.3 is 20.9 Å². The Bertz CT molecular complexity index is 663. The number of carbonyl (C=O) groups is 1. The van der Waals surface area contributed by atoms with E-state index >= 15 is 0 Å². The topological polar surface area (TPSA) is 74.0 Å². The number of anilines is 1. The van der Waals surface area contributed by atoms with E-state index < -0.39 is 0 Å². The molecule has 2 atom stereocenters. The van der Waals surface area contributed by atoms with Crippen LogP contribution in [-0.4, -0.2) is 56.5 Å². The number of rotatable bonds is 5. The monoisotopic (exact) mass is 435 g/mol. The molecule has 3 N–H and O–H groups in total. The van der Waals surface area contributed by atoms with Crippen LogP contribution in [0.15, 0.2) is 33.7 Å². The number of nitrogens with one attached hydrogen (secondary N) is 1. The number of guanidine groups is 1. The Morgan fingerprint density at radius 1 is 1.22 bits per heavy atom. The van der Waals surface area contributed by atoms with Crippen LogP contribution < -0.4 is 16.0 Å². The number of halogens is 1. The summed E-state index contributed by atoms with van der Waals surface area (Å²) in [7, 11) is 1.84. The summed E-state index contributed by atoms with van der Waals surface area (Å²) in [5, 5.41) is 3.56. The zero-order valence-electron chi connectivity index (χ0n) is 16.0. The second-order valence-electron chi connectivity index (χ2n) is 7.63. The summed E-state index contributed by atoms with van der Waals surface area (Å²) in [6.07, 6.45) is 3.81. The minimum Gasteiger partial charge on any atom is -0.371 e. The highest BCUT2D eigenvalue weighted by molar-refractivity contribution is 9.10. The molecule has 3 rings (SSSR count). The quantitative estimate of drug-likeness (QED) is 0.550. The van der Waals surface area contributed by atoms with E-state index in [4.69, 9.17) is 5.73 Å². The number of carbonyl (C=O) groups excluding carboxylic acids is 1. The molecule has 2 heterocycles. The minimum atomic E-state index is -0.205. The molecule has 148 valence electrons. The molecule has 2 unspecified atom stereocenters. The number of primary amides is 1. The molecule has 1 amide bonds. The second-order valence-corrected chi connectivity index (χ2v) is 8.55. The van der Waals surface area contributed by atoms with E-state index in [1.54, 1.807) is 0 Å². The maximum absolute atomic E-state index is 11.2. The second kappa shape index (κ2) is 9.44. The van der Waals surface area contributed by atoms with Gasteiger partial charge >= 0.3 is 0 Å². The number of hydrogen-bond donors (Lipinski definition) is 2. The Morgan fingerprint density at radius 2 is 2.00 bits per heavy atom. The zero-order chi connectivity index (χ0) is 19.2. The predicted octanol–water partition coefficient (Wildman–Crippen LogP) is 2.44. The van der Waals surface area contributed by atoms with Crippen LogP contribution in [0.5, 0.6) is 0 Å². The Morgan fingerprint density at radius 3 is 2.70 bits per heavy atom. The van der Waals surface area contributed by atoms with E-state index in [1.165, 1.54) is 12.1 Å². The van der Waals surface area contributed by atoms with Crippen LogP contribution in [0.1, 0.15) is 25.7 Å². The fraction of sp³-hybridized carbons (Fsp3) is 0.600. The Labute approximate surface area is 170 Å². The molecule has 0 aromatic heterocycles. The molecular formula is C20H30BrN5O. The van der Waals surface area contributed by atoms with E-state index in [1.807, 2.05) is 7.05 Å². The predicted molar refractivity (Wildman–Crippen MR) is 114 cm³/mol. The first kappa shape index (κ1) is 20.0. The van der Waals surface area contributed by atoms with Crippen LogP contribution in [-0.2, 0) is 4.79 Å². The van der Waals surface area contributed by atoms with Gasteiger partial charge in [0.15, 0.2) is 5.96 Å². The fourth-order valence-corrected chi connectivity index (χ4v) is 4.43. The summed E-state index contributed by atoms with van der Waals surface area (Å²) in [6, 6.07) is 8.54. The molecule has 0 aliphatic carbocycles. The first-order valence-corrected chi connectivity index (χ1v) is 10.6. The number of hydrogen-bond acceptors (Lipinski definition) is 3. The summed E-state index contributed by atoms with van der Waals surface area (Å²) in [6.45, 7) is 4.94. The van der Waals surface area contributed by atoms with Crippen molar-refractivity contribution in [1.29, 1.82) is 0 Å². The lowest BCUT2D eigenvalue weighted by Gasteiger charge is -2.35. The molecule has 0 spiro atoms. The molecule has 7 heteroatoms. The number of likely N-dealkylation sites (tertiary alicyclic amines) is 1. The van der Waals surface area contributed by atoms with Gasteiger partial charge in [0.05, 0.1) is 0 Å². The average molecular weight is 436 g/mol. The smallest absolute Gasteiger partial charge is 0.217 e. The summed E-state index contributed by atoms with van der Waals surface area (Å²) in [5.41, 5.74) is 6.66. The van der Waals surface area contributed by atoms with Crippen LogP contribution >= 0.6 is 15.9 Å². The summed E-state index contributed by atoms with van der Waals surface area (Å²) < 4.78 is 1.11. The van der Waals surface area contributed by atoms with Crippen molar-refractivity contribution < 1.29 is 4.79 Å². The summed E-state index contributed by atoms with van der Waals surface area (Å²) in [4.78, 5) is 20.4. The van der Waals surface area contributed by atoms with Gasteiger partial charge in [0, 0.05) is 56.4 Å². The normalized spacial score (nSPS) is 23.6. The highest BCUT2D eigenvalue weighted by atomic mass is 79.9. The molecule has 1 aromatic rings. The lowest BCUT2D eigenvalue weighted by molar-refractivity contribution is -0.119. The zero-order valence-corrected chi connectivity index (χ0v) is 17.6. The molecule has 2 aliphatic rings. The fourth-order valence-electron chi connectivity index (χ4n) is 4.16. The van der Waals surface area contributed by atoms with Gasteiger partial charge in [-0.15, -0.1) is 0 Å². The Balaban J connectivity index is 1.48. The molecule has 6 nitrogen and oxygen atoms in total. The Hall–Kier alpha value is -1.76. The average Bonchev–Trinajstić information content (AvgIpc) is 3.11. The number of piperidine rings is 1. The van der Waals surface area contributed by atoms with Gasteiger partial charge in [-0.25, -0.2) is 0 Å². The number of nitrogens with two attached hydrogens (primary N) is 1. The maximum atomic E-state index is 11.2. The van der Waals surface area contributed by atoms with E-state index in [2.05, 4.69) is 60.3 Å². The van der Waals surface area contributed by atoms with Crippen molar-refractivity contribution in [2.45, 2.75) is 25.7 Å². The van der Waals surface area contributed by atoms with E-state index in [9.17, 15) is 4.79 Å². The molecule has 0 radical (unpaired) electrons. The van der Waals surface area contributed by atoms with Gasteiger partial charge in [-0.3, -0.25) is 9.79 Å². The van der Waals surface area contributed by atoms with Gasteiger partial charge in [0.25, 0.3) is 0 Å². The van der Waals surface area contributed by atoms with Gasteiger partial charge in [-0.1, -0.05) is 15.9 Å². The molecule has 27 heavy (non-hydrogen) atoms. The molecule has 2 aliphatic heterocycles. The third kappa shape index (κ3) is 5.61. The van der Waals surface area contributed by atoms with Crippen LogP contribution in [0.3, 0.4) is 0 Å². The summed E-state index contributed by atoms with van der Waals surface area (Å²) >= 11 is 3.50. The van der Waals surface area contributed by atoms with Gasteiger partial charge in [0.2, 0.25) is 5.91 Å². The van der Waals surface area contributed by atoms with Gasteiger partial charge in [0.1, 0.15) is 0 Å². The number of amides is 1. The number of aliphatic imine (C=N–C) groups is 1. The van der Waals surface area contributed by atoms with Crippen molar-refractivity contribution in [3.8, 4) is 0 Å². The number of benzene rings is 1. The third-order valence-electron chi connectivity index (χ3n) is 5.55. The minimum absolute atomic E-state index is 0.205. The van der Waals surface area contributed by atoms with Crippen molar-refractivity contribution in [3.05, 3.63) is 28.7 Å². The Kier molecular flexibility index (Phi) is 6.99. The lowest BCUT2D eigenvalue weighted by atomic mass is 9.95. The van der Waals surface area contributed by atoms with Crippen molar-refractivity contribution in [1.82, 2.24) is 10.2 Å². The largest absolute Gasteiger partial charge is 0.371 e. The van der Waals surface area contributed by atoms with Crippen LogP contribution in [0.4, 0.5) is 5.69 Å². The highest BCUT2D eigenvalue weighted by Gasteiger charge is 2.26. The number of nitrogens with zero attached hydrogens (tertiary/aromatic N) is 3. The molecule has 0 bridgehead atoms. The molecule has 0 saturated carbocycles. The van der Waals surface area contributed by atoms with Crippen molar-refractivity contribution in [2.24, 2.45) is 22.6 Å². The van der Waals surface area contributed by atoms with Gasteiger partial charge in [-0.2, -0.15) is 0 Å². The first-order valence-electron chi connectivity index (χ1n) is 9.79. The van der Waals surface area contributed by atoms with Crippen LogP contribution in [0.25, 0.3) is 0 Å². The maximum Gasteiger partial charge on any atom is 0.217 e. The standard InChI is InChI=1S/C20H30BrN5O/c1-23-20(26-9-2-3-15(13-26)11-19(22)27)24-12-16-8-10-25(14-16)18-6-4-17(21)5-7-18/h4-7,15-16H,2-3,8-14H2,1H3,(H2,22,27)(H,23,24). The van der Waals surface area contributed by atoms with Gasteiger partial charge in [-0.05, 0) is 55.4 Å². The first-order chi connectivity index (χ1) is 13.0. The summed E-state index contributed by atoms with van der Waals surface area (Å²) in [5.74, 6) is 1.70. The van der Waals surface area contributed by atoms with Crippen molar-refractivity contribution in [2.75, 3.05) is 44.7 Å². The highest BCUT2D eigenvalue weighted by Crippen LogP contribution is 2.25. The van der Waals surface area contributed by atoms with E-state index in [0.29, 0.717) is 18.3 Å². The SMILES string of the molecule is CN=C(NCC1CCN(c2ccc(Br)cc2)C1)N1CCCC(CC(N)=O)C1. The molecule has 2 fully saturated rings. The van der Waals surface area contributed by atoms with E-state index in [0.717, 1.165) is 56.0 Å². The van der Waals surface area contributed by atoms with E-state index in [-0.39, 0.29) is 5.91 Å². The van der Waals surface area contributed by atoms with Crippen molar-refractivity contribution in [3.63, 3.8) is 0 Å². The van der Waals surface area contributed by atoms with Crippen molar-refractivity contribution >= 4 is 33.5 Å². The van der Waals surface area contributed by atoms with Crippen LogP contribution in [0, 0.1) is 11.8 Å². The molecule has 1 aromatic carbocycles. The van der Waals surface area contributed by atoms with Crippen LogP contribution in [0.2, 0.25) is 0 Å². The molecular weight excluding hydrogens is 406 g/mol. The lowest BCUT2D eigenvalue weighted by Crippen LogP contribution is -2.48. The third-order valence-corrected chi connectivity index (χ3v) is 6.08.